The average Bonchev–Trinajstić information content (AvgIpc) is 2.88. The predicted molar refractivity (Wildman–Crippen MR) is 79.0 cm³/mol. The van der Waals surface area contributed by atoms with Crippen molar-refractivity contribution in [1.82, 2.24) is 0 Å². The molecular weight excluding hydrogens is 220 g/mol. The van der Waals surface area contributed by atoms with Gasteiger partial charge in [0.25, 0.3) is 0 Å². The van der Waals surface area contributed by atoms with E-state index in [1.165, 1.54) is 36.9 Å². The van der Waals surface area contributed by atoms with Crippen LogP contribution >= 0.6 is 0 Å². The predicted octanol–water partition coefficient (Wildman–Crippen LogP) is 3.20. The van der Waals surface area contributed by atoms with Gasteiger partial charge in [0.15, 0.2) is 0 Å². The maximum absolute atomic E-state index is 6.01. The molecule has 100 valence electrons. The van der Waals surface area contributed by atoms with Gasteiger partial charge in [0.1, 0.15) is 0 Å². The van der Waals surface area contributed by atoms with Crippen LogP contribution in [0.3, 0.4) is 0 Å². The summed E-state index contributed by atoms with van der Waals surface area (Å²) in [7, 11) is 2.19. The molecule has 2 nitrogen and oxygen atoms in total. The molecule has 2 heteroatoms. The van der Waals surface area contributed by atoms with Crippen molar-refractivity contribution in [2.45, 2.75) is 39.0 Å². The van der Waals surface area contributed by atoms with Gasteiger partial charge in [0.05, 0.1) is 0 Å². The molecule has 0 saturated heterocycles. The average molecular weight is 246 g/mol. The third-order valence-corrected chi connectivity index (χ3v) is 4.46. The Morgan fingerprint density at radius 3 is 2.28 bits per heavy atom. The third-order valence-electron chi connectivity index (χ3n) is 4.46. The lowest BCUT2D eigenvalue weighted by molar-refractivity contribution is 0.316. The molecule has 0 bridgehead atoms. The number of benzene rings is 1. The van der Waals surface area contributed by atoms with Crippen LogP contribution in [0.15, 0.2) is 24.3 Å². The molecular formula is C16H26N2. The van der Waals surface area contributed by atoms with E-state index in [9.17, 15) is 0 Å². The number of hydrogen-bond donors (Lipinski definition) is 1. The summed E-state index contributed by atoms with van der Waals surface area (Å²) < 4.78 is 0. The minimum atomic E-state index is 0.359. The van der Waals surface area contributed by atoms with Gasteiger partial charge >= 0.3 is 0 Å². The lowest BCUT2D eigenvalue weighted by Crippen LogP contribution is -2.39. The quantitative estimate of drug-likeness (QED) is 0.864. The summed E-state index contributed by atoms with van der Waals surface area (Å²) in [5, 5.41) is 0. The van der Waals surface area contributed by atoms with Crippen LogP contribution < -0.4 is 10.6 Å². The summed E-state index contributed by atoms with van der Waals surface area (Å²) in [5.41, 5.74) is 9.09. The van der Waals surface area contributed by atoms with Crippen LogP contribution in [-0.2, 0) is 6.42 Å². The highest BCUT2D eigenvalue weighted by Gasteiger charge is 2.33. The maximum atomic E-state index is 6.01. The molecule has 2 rings (SSSR count). The largest absolute Gasteiger partial charge is 0.374 e. The summed E-state index contributed by atoms with van der Waals surface area (Å²) in [6.45, 7) is 4.11. The fourth-order valence-corrected chi connectivity index (χ4v) is 3.13. The van der Waals surface area contributed by atoms with Crippen molar-refractivity contribution in [3.8, 4) is 0 Å². The molecule has 0 unspecified atom stereocenters. The molecule has 1 aromatic carbocycles. The zero-order chi connectivity index (χ0) is 13.0. The van der Waals surface area contributed by atoms with E-state index in [0.29, 0.717) is 5.41 Å². The first-order chi connectivity index (χ1) is 8.69. The van der Waals surface area contributed by atoms with E-state index >= 15 is 0 Å². The van der Waals surface area contributed by atoms with Gasteiger partial charge in [-0.25, -0.2) is 0 Å². The Labute approximate surface area is 111 Å². The summed E-state index contributed by atoms with van der Waals surface area (Å²) in [5.74, 6) is 0. The zero-order valence-corrected chi connectivity index (χ0v) is 11.8. The topological polar surface area (TPSA) is 29.3 Å². The highest BCUT2D eigenvalue weighted by molar-refractivity contribution is 5.47. The van der Waals surface area contributed by atoms with Crippen LogP contribution in [-0.4, -0.2) is 20.1 Å². The molecule has 2 N–H and O–H groups in total. The minimum absolute atomic E-state index is 0.359. The number of nitrogens with two attached hydrogens (primary N) is 1. The standard InChI is InChI=1S/C16H26N2/c1-3-14-6-8-15(9-7-14)18(2)13-16(12-17)10-4-5-11-16/h6-9H,3-5,10-13,17H2,1-2H3. The van der Waals surface area contributed by atoms with Gasteiger partial charge in [0, 0.05) is 24.7 Å². The van der Waals surface area contributed by atoms with Crippen LogP contribution in [0.4, 0.5) is 5.69 Å². The van der Waals surface area contributed by atoms with E-state index < -0.39 is 0 Å². The summed E-state index contributed by atoms with van der Waals surface area (Å²) in [4.78, 5) is 2.37. The maximum Gasteiger partial charge on any atom is 0.0363 e. The summed E-state index contributed by atoms with van der Waals surface area (Å²) in [6, 6.07) is 8.93. The van der Waals surface area contributed by atoms with Gasteiger partial charge in [-0.2, -0.15) is 0 Å². The molecule has 1 aliphatic rings. The third kappa shape index (κ3) is 2.86. The van der Waals surface area contributed by atoms with E-state index in [1.54, 1.807) is 0 Å². The van der Waals surface area contributed by atoms with Crippen molar-refractivity contribution in [3.05, 3.63) is 29.8 Å². The Hall–Kier alpha value is -1.02. The Kier molecular flexibility index (Phi) is 4.28. The van der Waals surface area contributed by atoms with Crippen LogP contribution in [0.1, 0.15) is 38.2 Å². The Morgan fingerprint density at radius 2 is 1.78 bits per heavy atom. The fraction of sp³-hybridized carbons (Fsp3) is 0.625. The van der Waals surface area contributed by atoms with Crippen molar-refractivity contribution < 1.29 is 0 Å². The first kappa shape index (κ1) is 13.4. The van der Waals surface area contributed by atoms with Gasteiger partial charge in [0.2, 0.25) is 0 Å². The number of nitrogens with zero attached hydrogens (tertiary/aromatic N) is 1. The van der Waals surface area contributed by atoms with Crippen LogP contribution in [0.2, 0.25) is 0 Å². The van der Waals surface area contributed by atoms with Gasteiger partial charge in [-0.1, -0.05) is 31.9 Å². The zero-order valence-electron chi connectivity index (χ0n) is 11.8. The second-order valence-electron chi connectivity index (χ2n) is 5.79. The molecule has 0 radical (unpaired) electrons. The lowest BCUT2D eigenvalue weighted by Gasteiger charge is -2.33. The number of hydrogen-bond acceptors (Lipinski definition) is 2. The van der Waals surface area contributed by atoms with Crippen LogP contribution in [0, 0.1) is 5.41 Å². The number of aryl methyl sites for hydroxylation is 1. The van der Waals surface area contributed by atoms with Gasteiger partial charge in [-0.3, -0.25) is 0 Å². The van der Waals surface area contributed by atoms with Crippen LogP contribution in [0.25, 0.3) is 0 Å². The Balaban J connectivity index is 2.03. The van der Waals surface area contributed by atoms with Crippen molar-refractivity contribution in [1.29, 1.82) is 0 Å². The van der Waals surface area contributed by atoms with E-state index in [4.69, 9.17) is 5.73 Å². The number of anilines is 1. The molecule has 18 heavy (non-hydrogen) atoms. The van der Waals surface area contributed by atoms with E-state index in [2.05, 4.69) is 43.1 Å². The van der Waals surface area contributed by atoms with Gasteiger partial charge in [-0.15, -0.1) is 0 Å². The highest BCUT2D eigenvalue weighted by Crippen LogP contribution is 2.38. The van der Waals surface area contributed by atoms with Gasteiger partial charge in [-0.05, 0) is 43.5 Å². The summed E-state index contributed by atoms with van der Waals surface area (Å²) in [6.07, 6.45) is 6.39. The van der Waals surface area contributed by atoms with Crippen molar-refractivity contribution in [2.24, 2.45) is 11.1 Å². The van der Waals surface area contributed by atoms with Gasteiger partial charge < -0.3 is 10.6 Å². The Morgan fingerprint density at radius 1 is 1.17 bits per heavy atom. The number of rotatable bonds is 5. The first-order valence-corrected chi connectivity index (χ1v) is 7.19. The van der Waals surface area contributed by atoms with Crippen LogP contribution in [0.5, 0.6) is 0 Å². The molecule has 0 aromatic heterocycles. The molecule has 1 saturated carbocycles. The second kappa shape index (κ2) is 5.75. The summed E-state index contributed by atoms with van der Waals surface area (Å²) >= 11 is 0. The normalized spacial score (nSPS) is 17.9. The lowest BCUT2D eigenvalue weighted by atomic mass is 9.85. The highest BCUT2D eigenvalue weighted by atomic mass is 15.1. The Bertz CT molecular complexity index is 363. The second-order valence-corrected chi connectivity index (χ2v) is 5.79. The van der Waals surface area contributed by atoms with Crippen molar-refractivity contribution in [3.63, 3.8) is 0 Å². The monoisotopic (exact) mass is 246 g/mol. The van der Waals surface area contributed by atoms with E-state index in [-0.39, 0.29) is 0 Å². The molecule has 0 heterocycles. The first-order valence-electron chi connectivity index (χ1n) is 7.19. The molecule has 0 aliphatic heterocycles. The van der Waals surface area contributed by atoms with E-state index in [0.717, 1.165) is 19.5 Å². The minimum Gasteiger partial charge on any atom is -0.374 e. The van der Waals surface area contributed by atoms with Crippen molar-refractivity contribution >= 4 is 5.69 Å². The van der Waals surface area contributed by atoms with E-state index in [1.807, 2.05) is 0 Å². The molecule has 0 atom stereocenters. The fourth-order valence-electron chi connectivity index (χ4n) is 3.13. The SMILES string of the molecule is CCc1ccc(N(C)CC2(CN)CCCC2)cc1. The van der Waals surface area contributed by atoms with Crippen molar-refractivity contribution in [2.75, 3.05) is 25.0 Å². The molecule has 1 aromatic rings. The molecule has 1 fully saturated rings. The molecule has 0 spiro atoms. The molecule has 0 amide bonds. The molecule has 1 aliphatic carbocycles. The smallest absolute Gasteiger partial charge is 0.0363 e.